The number of hydrogen-bond donors (Lipinski definition) is 0. The van der Waals surface area contributed by atoms with Gasteiger partial charge in [0.1, 0.15) is 0 Å². The van der Waals surface area contributed by atoms with Crippen LogP contribution in [0.3, 0.4) is 0 Å². The summed E-state index contributed by atoms with van der Waals surface area (Å²) in [6, 6.07) is 0. The third-order valence-electron chi connectivity index (χ3n) is 1.86. The van der Waals surface area contributed by atoms with E-state index in [4.69, 9.17) is 0 Å². The molecule has 0 amide bonds. The van der Waals surface area contributed by atoms with Gasteiger partial charge in [-0.3, -0.25) is 4.79 Å². The molecule has 0 aliphatic rings. The molecule has 1 atom stereocenters. The lowest BCUT2D eigenvalue weighted by Gasteiger charge is -2.04. The fourth-order valence-electron chi connectivity index (χ4n) is 1.20. The zero-order chi connectivity index (χ0) is 10.1. The molecule has 0 aromatic heterocycles. The SMILES string of the molecule is CCC[C@@H](C)C/C=C/C(=O)SCC. The van der Waals surface area contributed by atoms with E-state index >= 15 is 0 Å². The van der Waals surface area contributed by atoms with Crippen molar-refractivity contribution in [3.8, 4) is 0 Å². The van der Waals surface area contributed by atoms with Crippen molar-refractivity contribution in [1.82, 2.24) is 0 Å². The second kappa shape index (κ2) is 8.36. The summed E-state index contributed by atoms with van der Waals surface area (Å²) in [6.07, 6.45) is 7.22. The molecule has 0 heterocycles. The summed E-state index contributed by atoms with van der Waals surface area (Å²) in [4.78, 5) is 11.1. The topological polar surface area (TPSA) is 17.1 Å². The molecule has 0 fully saturated rings. The van der Waals surface area contributed by atoms with E-state index in [9.17, 15) is 4.79 Å². The van der Waals surface area contributed by atoms with Crippen molar-refractivity contribution in [3.05, 3.63) is 12.2 Å². The summed E-state index contributed by atoms with van der Waals surface area (Å²) in [5, 5.41) is 0.186. The van der Waals surface area contributed by atoms with Gasteiger partial charge >= 0.3 is 0 Å². The van der Waals surface area contributed by atoms with E-state index in [-0.39, 0.29) is 5.12 Å². The average molecular weight is 200 g/mol. The van der Waals surface area contributed by atoms with Crippen molar-refractivity contribution in [2.75, 3.05) is 5.75 Å². The fraction of sp³-hybridized carbons (Fsp3) is 0.727. The number of carbonyl (C=O) groups excluding carboxylic acids is 1. The van der Waals surface area contributed by atoms with Gasteiger partial charge in [-0.05, 0) is 24.2 Å². The third kappa shape index (κ3) is 8.10. The van der Waals surface area contributed by atoms with Crippen molar-refractivity contribution in [3.63, 3.8) is 0 Å². The van der Waals surface area contributed by atoms with Gasteiger partial charge in [-0.2, -0.15) is 0 Å². The molecule has 0 aromatic rings. The second-order valence-electron chi connectivity index (χ2n) is 3.28. The van der Waals surface area contributed by atoms with Crippen LogP contribution in [-0.4, -0.2) is 10.9 Å². The lowest BCUT2D eigenvalue weighted by Crippen LogP contribution is -1.92. The van der Waals surface area contributed by atoms with Gasteiger partial charge in [-0.15, -0.1) is 0 Å². The molecule has 0 rings (SSSR count). The van der Waals surface area contributed by atoms with E-state index in [1.165, 1.54) is 24.6 Å². The molecule has 0 saturated carbocycles. The minimum atomic E-state index is 0.186. The van der Waals surface area contributed by atoms with Crippen LogP contribution in [0.1, 0.15) is 40.0 Å². The minimum Gasteiger partial charge on any atom is -0.282 e. The number of rotatable bonds is 6. The van der Waals surface area contributed by atoms with E-state index in [1.54, 1.807) is 6.08 Å². The highest BCUT2D eigenvalue weighted by Crippen LogP contribution is 2.11. The zero-order valence-corrected chi connectivity index (χ0v) is 9.69. The van der Waals surface area contributed by atoms with E-state index in [1.807, 2.05) is 13.0 Å². The Kier molecular flexibility index (Phi) is 8.21. The largest absolute Gasteiger partial charge is 0.282 e. The molecule has 0 aromatic carbocycles. The van der Waals surface area contributed by atoms with Crippen molar-refractivity contribution < 1.29 is 4.79 Å². The molecule has 0 aliphatic heterocycles. The Morgan fingerprint density at radius 2 is 2.15 bits per heavy atom. The molecule has 0 spiro atoms. The summed E-state index contributed by atoms with van der Waals surface area (Å²) >= 11 is 1.37. The number of thioether (sulfide) groups is 1. The zero-order valence-electron chi connectivity index (χ0n) is 8.88. The maximum absolute atomic E-state index is 11.1. The fourth-order valence-corrected chi connectivity index (χ4v) is 1.67. The van der Waals surface area contributed by atoms with Gasteiger partial charge in [0.15, 0.2) is 0 Å². The highest BCUT2D eigenvalue weighted by molar-refractivity contribution is 8.14. The Bertz CT molecular complexity index is 163. The van der Waals surface area contributed by atoms with Gasteiger partial charge in [0.05, 0.1) is 0 Å². The summed E-state index contributed by atoms with van der Waals surface area (Å²) in [6.45, 7) is 6.42. The Morgan fingerprint density at radius 3 is 2.69 bits per heavy atom. The van der Waals surface area contributed by atoms with Crippen LogP contribution in [0.15, 0.2) is 12.2 Å². The maximum Gasteiger partial charge on any atom is 0.211 e. The minimum absolute atomic E-state index is 0.186. The van der Waals surface area contributed by atoms with Crippen LogP contribution in [0.25, 0.3) is 0 Å². The molecule has 2 heteroatoms. The van der Waals surface area contributed by atoms with Crippen molar-refractivity contribution >= 4 is 16.9 Å². The molecule has 0 unspecified atom stereocenters. The molecule has 0 N–H and O–H groups in total. The third-order valence-corrected chi connectivity index (χ3v) is 2.57. The van der Waals surface area contributed by atoms with Gasteiger partial charge in [0.2, 0.25) is 5.12 Å². The highest BCUT2D eigenvalue weighted by atomic mass is 32.2. The van der Waals surface area contributed by atoms with E-state index < -0.39 is 0 Å². The van der Waals surface area contributed by atoms with Crippen LogP contribution < -0.4 is 0 Å². The summed E-state index contributed by atoms with van der Waals surface area (Å²) < 4.78 is 0. The Balaban J connectivity index is 3.55. The summed E-state index contributed by atoms with van der Waals surface area (Å²) in [7, 11) is 0. The van der Waals surface area contributed by atoms with Gasteiger partial charge in [0.25, 0.3) is 0 Å². The second-order valence-corrected chi connectivity index (χ2v) is 4.55. The van der Waals surface area contributed by atoms with Crippen LogP contribution in [0.5, 0.6) is 0 Å². The Labute approximate surface area is 86.0 Å². The maximum atomic E-state index is 11.1. The molecule has 0 saturated heterocycles. The first kappa shape index (κ1) is 12.8. The van der Waals surface area contributed by atoms with Crippen LogP contribution in [0.2, 0.25) is 0 Å². The summed E-state index contributed by atoms with van der Waals surface area (Å²) in [5.74, 6) is 1.58. The number of allylic oxidation sites excluding steroid dienone is 1. The van der Waals surface area contributed by atoms with Crippen molar-refractivity contribution in [1.29, 1.82) is 0 Å². The Hall–Kier alpha value is -0.240. The normalized spacial score (nSPS) is 13.5. The first-order valence-electron chi connectivity index (χ1n) is 5.04. The average Bonchev–Trinajstić information content (AvgIpc) is 2.05. The molecule has 0 bridgehead atoms. The van der Waals surface area contributed by atoms with Gasteiger partial charge in [0, 0.05) is 0 Å². The molecule has 0 aliphatic carbocycles. The molecule has 76 valence electrons. The van der Waals surface area contributed by atoms with Crippen molar-refractivity contribution in [2.24, 2.45) is 5.92 Å². The molecule has 13 heavy (non-hydrogen) atoms. The molecular formula is C11H20OS. The highest BCUT2D eigenvalue weighted by Gasteiger charge is 1.98. The number of carbonyl (C=O) groups is 1. The Morgan fingerprint density at radius 1 is 1.46 bits per heavy atom. The van der Waals surface area contributed by atoms with Crippen LogP contribution in [0.4, 0.5) is 0 Å². The smallest absolute Gasteiger partial charge is 0.211 e. The lowest BCUT2D eigenvalue weighted by atomic mass is 10.0. The monoisotopic (exact) mass is 200 g/mol. The van der Waals surface area contributed by atoms with E-state index in [2.05, 4.69) is 13.8 Å². The lowest BCUT2D eigenvalue weighted by molar-refractivity contribution is -0.107. The van der Waals surface area contributed by atoms with Gasteiger partial charge in [-0.25, -0.2) is 0 Å². The molecule has 0 radical (unpaired) electrons. The van der Waals surface area contributed by atoms with E-state index in [0.717, 1.165) is 12.2 Å². The molecular weight excluding hydrogens is 180 g/mol. The predicted molar refractivity (Wildman–Crippen MR) is 61.0 cm³/mol. The molecule has 1 nitrogen and oxygen atoms in total. The first-order chi connectivity index (χ1) is 6.20. The van der Waals surface area contributed by atoms with Crippen molar-refractivity contribution in [2.45, 2.75) is 40.0 Å². The quantitative estimate of drug-likeness (QED) is 0.609. The van der Waals surface area contributed by atoms with Gasteiger partial charge in [-0.1, -0.05) is 51.5 Å². The number of hydrogen-bond acceptors (Lipinski definition) is 2. The van der Waals surface area contributed by atoms with Gasteiger partial charge < -0.3 is 0 Å². The van der Waals surface area contributed by atoms with Crippen LogP contribution in [0, 0.1) is 5.92 Å². The van der Waals surface area contributed by atoms with E-state index in [0.29, 0.717) is 5.92 Å². The first-order valence-corrected chi connectivity index (χ1v) is 6.02. The van der Waals surface area contributed by atoms with Crippen LogP contribution in [-0.2, 0) is 4.79 Å². The standard InChI is InChI=1S/C11H20OS/c1-4-7-10(3)8-6-9-11(12)13-5-2/h6,9-10H,4-5,7-8H2,1-3H3/b9-6+/t10-/m1/s1. The predicted octanol–water partition coefficient (Wildman–Crippen LogP) is 3.65. The van der Waals surface area contributed by atoms with Crippen LogP contribution >= 0.6 is 11.8 Å². The summed E-state index contributed by atoms with van der Waals surface area (Å²) in [5.41, 5.74) is 0.